The zero-order valence-electron chi connectivity index (χ0n) is 20.1. The number of aromatic nitrogens is 3. The van der Waals surface area contributed by atoms with Crippen LogP contribution in [-0.2, 0) is 16.2 Å². The molecular weight excluding hydrogens is 513 g/mol. The Kier molecular flexibility index (Phi) is 7.53. The van der Waals surface area contributed by atoms with Gasteiger partial charge in [0.2, 0.25) is 0 Å². The van der Waals surface area contributed by atoms with Gasteiger partial charge in [-0.3, -0.25) is 0 Å². The average molecular weight is 541 g/mol. The number of thiazole rings is 1. The van der Waals surface area contributed by atoms with Gasteiger partial charge in [-0.1, -0.05) is 29.1 Å². The second kappa shape index (κ2) is 10.3. The molecule has 2 N–H and O–H groups in total. The van der Waals surface area contributed by atoms with Crippen molar-refractivity contribution in [3.63, 3.8) is 0 Å². The summed E-state index contributed by atoms with van der Waals surface area (Å²) in [7, 11) is -1.89. The summed E-state index contributed by atoms with van der Waals surface area (Å²) in [6.45, 7) is 4.39. The second-order valence-corrected chi connectivity index (χ2v) is 11.7. The van der Waals surface area contributed by atoms with E-state index in [9.17, 15) is 21.6 Å². The van der Waals surface area contributed by atoms with Crippen molar-refractivity contribution in [2.24, 2.45) is 0 Å². The van der Waals surface area contributed by atoms with E-state index in [0.29, 0.717) is 54.4 Å². The minimum Gasteiger partial charge on any atom is -0.367 e. The number of aryl methyl sites for hydroxylation is 1. The van der Waals surface area contributed by atoms with Gasteiger partial charge in [0.15, 0.2) is 9.34 Å². The number of halogens is 3. The zero-order chi connectivity index (χ0) is 26.1. The van der Waals surface area contributed by atoms with Crippen molar-refractivity contribution in [3.8, 4) is 0 Å². The summed E-state index contributed by atoms with van der Waals surface area (Å²) in [5.41, 5.74) is 0.710. The number of hydrogen-bond donors (Lipinski definition) is 2. The Morgan fingerprint density at radius 1 is 1.22 bits per heavy atom. The third-order valence-corrected chi connectivity index (χ3v) is 9.68. The molecule has 1 saturated heterocycles. The first-order valence-electron chi connectivity index (χ1n) is 11.4. The van der Waals surface area contributed by atoms with Crippen molar-refractivity contribution < 1.29 is 21.6 Å². The van der Waals surface area contributed by atoms with Gasteiger partial charge in [-0.15, -0.1) is 0 Å². The number of anilines is 2. The Morgan fingerprint density at radius 3 is 2.58 bits per heavy atom. The molecule has 0 unspecified atom stereocenters. The molecule has 0 aliphatic carbocycles. The molecule has 1 fully saturated rings. The van der Waals surface area contributed by atoms with Crippen molar-refractivity contribution >= 4 is 43.2 Å². The van der Waals surface area contributed by atoms with E-state index in [1.807, 2.05) is 6.92 Å². The maximum atomic E-state index is 13.3. The quantitative estimate of drug-likeness (QED) is 0.404. The number of rotatable bonds is 7. The summed E-state index contributed by atoms with van der Waals surface area (Å²) >= 11 is 1.13. The largest absolute Gasteiger partial charge is 0.418 e. The highest BCUT2D eigenvalue weighted by Crippen LogP contribution is 2.35. The van der Waals surface area contributed by atoms with Crippen LogP contribution in [0.3, 0.4) is 0 Å². The summed E-state index contributed by atoms with van der Waals surface area (Å²) in [5, 5.41) is 6.95. The minimum absolute atomic E-state index is 0.105. The summed E-state index contributed by atoms with van der Waals surface area (Å²) in [6.07, 6.45) is 0.556. The molecule has 3 heterocycles. The van der Waals surface area contributed by atoms with E-state index in [1.54, 1.807) is 20.0 Å². The van der Waals surface area contributed by atoms with Crippen LogP contribution < -0.4 is 10.6 Å². The van der Waals surface area contributed by atoms with E-state index in [4.69, 9.17) is 0 Å². The lowest BCUT2D eigenvalue weighted by Gasteiger charge is -2.27. The van der Waals surface area contributed by atoms with Gasteiger partial charge in [0, 0.05) is 31.6 Å². The Hall–Kier alpha value is -2.77. The highest BCUT2D eigenvalue weighted by molar-refractivity contribution is 7.91. The fourth-order valence-electron chi connectivity index (χ4n) is 4.13. The van der Waals surface area contributed by atoms with Crippen LogP contribution >= 0.6 is 11.3 Å². The van der Waals surface area contributed by atoms with E-state index < -0.39 is 21.8 Å². The van der Waals surface area contributed by atoms with Crippen LogP contribution in [0, 0.1) is 6.92 Å². The molecule has 3 aromatic rings. The standard InChI is InChI=1S/C23H27F3N6O2S2/c1-14(30-20-17-5-4-6-18(23(24,25)26)19(17)28-13-29-20)7-8-16-9-11-32(12-10-16)36(33,34)21-15(2)31-22(27-3)35-21/h4-6,8,13-14H,7,9-12H2,1-3H3,(H,27,31)(H,28,29,30)/t14-/m0/s1. The molecule has 0 saturated carbocycles. The summed E-state index contributed by atoms with van der Waals surface area (Å²) in [4.78, 5) is 12.2. The molecule has 194 valence electrons. The van der Waals surface area contributed by atoms with Crippen LogP contribution in [0.15, 0.2) is 40.4 Å². The molecular formula is C23H27F3N6O2S2. The van der Waals surface area contributed by atoms with Crippen LogP contribution in [0.1, 0.15) is 37.4 Å². The van der Waals surface area contributed by atoms with Crippen molar-refractivity contribution in [1.82, 2.24) is 19.3 Å². The lowest BCUT2D eigenvalue weighted by molar-refractivity contribution is -0.136. The number of nitrogens with one attached hydrogen (secondary N) is 2. The smallest absolute Gasteiger partial charge is 0.367 e. The first-order chi connectivity index (χ1) is 17.0. The van der Waals surface area contributed by atoms with Crippen LogP contribution in [0.25, 0.3) is 10.9 Å². The molecule has 1 aromatic carbocycles. The van der Waals surface area contributed by atoms with Gasteiger partial charge in [-0.05, 0) is 45.2 Å². The molecule has 4 rings (SSSR count). The number of benzene rings is 1. The lowest BCUT2D eigenvalue weighted by Crippen LogP contribution is -2.36. The predicted octanol–water partition coefficient (Wildman–Crippen LogP) is 5.06. The Bertz CT molecular complexity index is 1380. The van der Waals surface area contributed by atoms with Crippen molar-refractivity contribution in [2.75, 3.05) is 30.8 Å². The van der Waals surface area contributed by atoms with Crippen LogP contribution in [0.2, 0.25) is 0 Å². The molecule has 0 radical (unpaired) electrons. The number of sulfonamides is 1. The molecule has 13 heteroatoms. The first kappa shape index (κ1) is 26.3. The van der Waals surface area contributed by atoms with Crippen molar-refractivity contribution in [3.05, 3.63) is 47.4 Å². The van der Waals surface area contributed by atoms with Gasteiger partial charge in [0.1, 0.15) is 12.1 Å². The van der Waals surface area contributed by atoms with Crippen LogP contribution in [0.5, 0.6) is 0 Å². The second-order valence-electron chi connectivity index (χ2n) is 8.61. The van der Waals surface area contributed by atoms with Gasteiger partial charge in [-0.2, -0.15) is 17.5 Å². The molecule has 8 nitrogen and oxygen atoms in total. The fraction of sp³-hybridized carbons (Fsp3) is 0.435. The monoisotopic (exact) mass is 540 g/mol. The molecule has 1 atom stereocenters. The maximum absolute atomic E-state index is 13.3. The molecule has 1 aliphatic rings. The molecule has 1 aliphatic heterocycles. The summed E-state index contributed by atoms with van der Waals surface area (Å²) in [6, 6.07) is 3.82. The number of nitrogens with zero attached hydrogens (tertiary/aromatic N) is 4. The predicted molar refractivity (Wildman–Crippen MR) is 135 cm³/mol. The summed E-state index contributed by atoms with van der Waals surface area (Å²) < 4.78 is 67.9. The third-order valence-electron chi connectivity index (χ3n) is 6.02. The Labute approximate surface area is 211 Å². The number of fused-ring (bicyclic) bond motifs is 1. The van der Waals surface area contributed by atoms with Gasteiger partial charge < -0.3 is 10.6 Å². The van der Waals surface area contributed by atoms with Gasteiger partial charge in [-0.25, -0.2) is 23.4 Å². The highest BCUT2D eigenvalue weighted by atomic mass is 32.2. The highest BCUT2D eigenvalue weighted by Gasteiger charge is 2.34. The number of piperidine rings is 1. The summed E-state index contributed by atoms with van der Waals surface area (Å²) in [5.74, 6) is 0.346. The van der Waals surface area contributed by atoms with Gasteiger partial charge in [0.05, 0.1) is 16.8 Å². The topological polar surface area (TPSA) is 100 Å². The van der Waals surface area contributed by atoms with E-state index in [-0.39, 0.29) is 15.8 Å². The SMILES string of the molecule is CNc1nc(C)c(S(=O)(=O)N2CCC(=CC[C@H](C)Nc3ncnc4c(C(F)(F)F)cccc34)CC2)s1. The molecule has 36 heavy (non-hydrogen) atoms. The third kappa shape index (κ3) is 5.47. The van der Waals surface area contributed by atoms with E-state index in [0.717, 1.165) is 29.3 Å². The number of alkyl halides is 3. The van der Waals surface area contributed by atoms with Gasteiger partial charge >= 0.3 is 6.18 Å². The van der Waals surface area contributed by atoms with E-state index in [2.05, 4.69) is 31.7 Å². The van der Waals surface area contributed by atoms with Crippen molar-refractivity contribution in [1.29, 1.82) is 0 Å². The Morgan fingerprint density at radius 2 is 1.94 bits per heavy atom. The molecule has 0 amide bonds. The van der Waals surface area contributed by atoms with Crippen LogP contribution in [-0.4, -0.2) is 53.9 Å². The van der Waals surface area contributed by atoms with Crippen LogP contribution in [0.4, 0.5) is 24.1 Å². The van der Waals surface area contributed by atoms with E-state index >= 15 is 0 Å². The van der Waals surface area contributed by atoms with E-state index in [1.165, 1.54) is 10.4 Å². The maximum Gasteiger partial charge on any atom is 0.418 e. The Balaban J connectivity index is 1.39. The molecule has 2 aromatic heterocycles. The normalized spacial score (nSPS) is 16.2. The first-order valence-corrected chi connectivity index (χ1v) is 13.7. The minimum atomic E-state index is -4.50. The number of para-hydroxylation sites is 1. The van der Waals surface area contributed by atoms with Gasteiger partial charge in [0.25, 0.3) is 10.0 Å². The lowest BCUT2D eigenvalue weighted by atomic mass is 10.0. The molecule has 0 bridgehead atoms. The fourth-order valence-corrected chi connectivity index (χ4v) is 7.08. The van der Waals surface area contributed by atoms with Crippen molar-refractivity contribution in [2.45, 2.75) is 49.5 Å². The number of hydrogen-bond acceptors (Lipinski definition) is 8. The molecule has 0 spiro atoms. The zero-order valence-corrected chi connectivity index (χ0v) is 21.7. The average Bonchev–Trinajstić information content (AvgIpc) is 3.24.